The number of aromatic nitrogens is 2. The Hall–Kier alpha value is -3.03. The van der Waals surface area contributed by atoms with E-state index in [-0.39, 0.29) is 11.8 Å². The molecule has 1 amide bonds. The van der Waals surface area contributed by atoms with E-state index in [9.17, 15) is 4.79 Å². The number of fused-ring (bicyclic) bond motifs is 1. The Bertz CT molecular complexity index is 1240. The minimum atomic E-state index is -0.0657. The number of nitrogens with zero attached hydrogens (tertiary/aromatic N) is 3. The molecule has 2 heterocycles. The number of rotatable bonds is 5. The van der Waals surface area contributed by atoms with E-state index in [1.54, 1.807) is 0 Å². The maximum atomic E-state index is 12.9. The maximum Gasteiger partial charge on any atom is 0.241 e. The van der Waals surface area contributed by atoms with Crippen LogP contribution in [0.5, 0.6) is 0 Å². The lowest BCUT2D eigenvalue weighted by atomic mass is 9.97. The second-order valence-corrected chi connectivity index (χ2v) is 9.06. The Morgan fingerprint density at radius 3 is 2.75 bits per heavy atom. The number of hydrogen-bond donors (Lipinski definition) is 1. The van der Waals surface area contributed by atoms with E-state index in [0.717, 1.165) is 45.9 Å². The first kappa shape index (κ1) is 20.8. The number of carbonyl (C=O) groups is 1. The fourth-order valence-electron chi connectivity index (χ4n) is 4.15. The molecule has 32 heavy (non-hydrogen) atoms. The third-order valence-electron chi connectivity index (χ3n) is 5.82. The predicted molar refractivity (Wildman–Crippen MR) is 128 cm³/mol. The summed E-state index contributed by atoms with van der Waals surface area (Å²) in [6.45, 7) is 2.13. The first-order valence-corrected chi connectivity index (χ1v) is 11.5. The van der Waals surface area contributed by atoms with E-state index >= 15 is 0 Å². The molecule has 3 aromatic carbocycles. The minimum Gasteiger partial charge on any atom is -0.338 e. The normalized spacial score (nSPS) is 16.8. The van der Waals surface area contributed by atoms with Gasteiger partial charge in [0.25, 0.3) is 0 Å². The second kappa shape index (κ2) is 9.22. The Morgan fingerprint density at radius 2 is 1.91 bits per heavy atom. The molecule has 162 valence electrons. The molecule has 1 aliphatic heterocycles. The van der Waals surface area contributed by atoms with Crippen molar-refractivity contribution in [2.45, 2.75) is 19.4 Å². The van der Waals surface area contributed by atoms with E-state index in [2.05, 4.69) is 48.4 Å². The fraction of sp³-hybridized carbons (Fsp3) is 0.240. The van der Waals surface area contributed by atoms with Gasteiger partial charge in [0, 0.05) is 22.3 Å². The van der Waals surface area contributed by atoms with Crippen LogP contribution in [-0.4, -0.2) is 34.0 Å². The van der Waals surface area contributed by atoms with Crippen molar-refractivity contribution in [3.63, 3.8) is 0 Å². The van der Waals surface area contributed by atoms with Crippen LogP contribution in [-0.2, 0) is 11.3 Å². The number of anilines is 1. The maximum absolute atomic E-state index is 12.9. The van der Waals surface area contributed by atoms with Gasteiger partial charge in [-0.05, 0) is 66.6 Å². The van der Waals surface area contributed by atoms with Crippen LogP contribution in [0.15, 0.2) is 75.7 Å². The van der Waals surface area contributed by atoms with Crippen molar-refractivity contribution in [3.05, 3.63) is 77.1 Å². The standard InChI is InChI=1S/C25H23BrN4O2/c26-21-10-7-18(8-11-21)24-28-23(32-29-24)16-30-13-3-6-20(15-30)25(31)27-22-12-9-17-4-1-2-5-19(17)14-22/h1-2,4-5,7-12,14,20H,3,6,13,15-16H2,(H,27,31). The van der Waals surface area contributed by atoms with Gasteiger partial charge in [-0.2, -0.15) is 4.98 Å². The summed E-state index contributed by atoms with van der Waals surface area (Å²) in [5.74, 6) is 1.14. The number of benzene rings is 3. The van der Waals surface area contributed by atoms with Crippen LogP contribution in [0.25, 0.3) is 22.2 Å². The van der Waals surface area contributed by atoms with Gasteiger partial charge < -0.3 is 9.84 Å². The van der Waals surface area contributed by atoms with Crippen LogP contribution < -0.4 is 5.32 Å². The second-order valence-electron chi connectivity index (χ2n) is 8.14. The Labute approximate surface area is 194 Å². The molecule has 1 atom stereocenters. The average molecular weight is 491 g/mol. The summed E-state index contributed by atoms with van der Waals surface area (Å²) in [6, 6.07) is 22.0. The molecule has 7 heteroatoms. The summed E-state index contributed by atoms with van der Waals surface area (Å²) < 4.78 is 6.48. The molecule has 0 spiro atoms. The molecule has 0 bridgehead atoms. The van der Waals surface area contributed by atoms with Gasteiger partial charge >= 0.3 is 0 Å². The highest BCUT2D eigenvalue weighted by molar-refractivity contribution is 9.10. The molecule has 1 aliphatic rings. The molecule has 0 aliphatic carbocycles. The van der Waals surface area contributed by atoms with Crippen LogP contribution >= 0.6 is 15.9 Å². The molecule has 0 saturated carbocycles. The molecular formula is C25H23BrN4O2. The number of halogens is 1. The summed E-state index contributed by atoms with van der Waals surface area (Å²) >= 11 is 3.43. The lowest BCUT2D eigenvalue weighted by Crippen LogP contribution is -2.40. The molecular weight excluding hydrogens is 468 g/mol. The van der Waals surface area contributed by atoms with E-state index in [1.165, 1.54) is 0 Å². The Morgan fingerprint density at radius 1 is 1.09 bits per heavy atom. The van der Waals surface area contributed by atoms with E-state index in [0.29, 0.717) is 24.8 Å². The third kappa shape index (κ3) is 4.74. The van der Waals surface area contributed by atoms with Crippen molar-refractivity contribution in [3.8, 4) is 11.4 Å². The molecule has 4 aromatic rings. The van der Waals surface area contributed by atoms with Crippen molar-refractivity contribution in [2.75, 3.05) is 18.4 Å². The zero-order chi connectivity index (χ0) is 21.9. The highest BCUT2D eigenvalue weighted by atomic mass is 79.9. The predicted octanol–water partition coefficient (Wildman–Crippen LogP) is 5.50. The van der Waals surface area contributed by atoms with E-state index < -0.39 is 0 Å². The summed E-state index contributed by atoms with van der Waals surface area (Å²) in [7, 11) is 0. The minimum absolute atomic E-state index is 0.0612. The van der Waals surface area contributed by atoms with Gasteiger partial charge in [-0.1, -0.05) is 51.4 Å². The zero-order valence-corrected chi connectivity index (χ0v) is 19.1. The highest BCUT2D eigenvalue weighted by Crippen LogP contribution is 2.24. The molecule has 6 nitrogen and oxygen atoms in total. The van der Waals surface area contributed by atoms with Gasteiger partial charge in [0.2, 0.25) is 17.6 Å². The van der Waals surface area contributed by atoms with Crippen molar-refractivity contribution in [1.29, 1.82) is 0 Å². The molecule has 1 N–H and O–H groups in total. The van der Waals surface area contributed by atoms with Crippen molar-refractivity contribution >= 4 is 38.3 Å². The quantitative estimate of drug-likeness (QED) is 0.399. The van der Waals surface area contributed by atoms with Gasteiger partial charge in [0.1, 0.15) is 0 Å². The van der Waals surface area contributed by atoms with Crippen LogP contribution in [0, 0.1) is 5.92 Å². The van der Waals surface area contributed by atoms with Gasteiger partial charge in [-0.15, -0.1) is 0 Å². The largest absolute Gasteiger partial charge is 0.338 e. The van der Waals surface area contributed by atoms with E-state index in [1.807, 2.05) is 54.6 Å². The Balaban J connectivity index is 1.21. The summed E-state index contributed by atoms with van der Waals surface area (Å²) in [6.07, 6.45) is 1.84. The fourth-order valence-corrected chi connectivity index (χ4v) is 4.42. The van der Waals surface area contributed by atoms with Gasteiger partial charge in [-0.25, -0.2) is 0 Å². The molecule has 1 saturated heterocycles. The van der Waals surface area contributed by atoms with Gasteiger partial charge in [0.15, 0.2) is 0 Å². The SMILES string of the molecule is O=C(Nc1ccc2ccccc2c1)C1CCCN(Cc2nc(-c3ccc(Br)cc3)no2)C1. The summed E-state index contributed by atoms with van der Waals surface area (Å²) in [5.41, 5.74) is 1.75. The number of likely N-dealkylation sites (tertiary alicyclic amines) is 1. The molecule has 5 rings (SSSR count). The summed E-state index contributed by atoms with van der Waals surface area (Å²) in [4.78, 5) is 19.7. The monoisotopic (exact) mass is 490 g/mol. The number of carbonyl (C=O) groups excluding carboxylic acids is 1. The van der Waals surface area contributed by atoms with E-state index in [4.69, 9.17) is 4.52 Å². The number of amides is 1. The molecule has 1 unspecified atom stereocenters. The molecule has 0 radical (unpaired) electrons. The van der Waals surface area contributed by atoms with Crippen LogP contribution in [0.1, 0.15) is 18.7 Å². The molecule has 1 aromatic heterocycles. The van der Waals surface area contributed by atoms with Crippen LogP contribution in [0.2, 0.25) is 0 Å². The lowest BCUT2D eigenvalue weighted by molar-refractivity contribution is -0.121. The first-order chi connectivity index (χ1) is 15.6. The van der Waals surface area contributed by atoms with Gasteiger partial charge in [0.05, 0.1) is 12.5 Å². The third-order valence-corrected chi connectivity index (χ3v) is 6.35. The van der Waals surface area contributed by atoms with Crippen LogP contribution in [0.3, 0.4) is 0 Å². The smallest absolute Gasteiger partial charge is 0.241 e. The first-order valence-electron chi connectivity index (χ1n) is 10.7. The summed E-state index contributed by atoms with van der Waals surface area (Å²) in [5, 5.41) is 9.49. The molecule has 1 fully saturated rings. The number of nitrogens with one attached hydrogen (secondary N) is 1. The topological polar surface area (TPSA) is 71.3 Å². The lowest BCUT2D eigenvalue weighted by Gasteiger charge is -2.30. The average Bonchev–Trinajstić information content (AvgIpc) is 3.28. The van der Waals surface area contributed by atoms with Crippen molar-refractivity contribution in [1.82, 2.24) is 15.0 Å². The number of hydrogen-bond acceptors (Lipinski definition) is 5. The van der Waals surface area contributed by atoms with Crippen molar-refractivity contribution < 1.29 is 9.32 Å². The number of piperidine rings is 1. The Kier molecular flexibility index (Phi) is 6.01. The zero-order valence-electron chi connectivity index (χ0n) is 17.5. The van der Waals surface area contributed by atoms with Crippen molar-refractivity contribution in [2.24, 2.45) is 5.92 Å². The van der Waals surface area contributed by atoms with Gasteiger partial charge in [-0.3, -0.25) is 9.69 Å². The van der Waals surface area contributed by atoms with Crippen LogP contribution in [0.4, 0.5) is 5.69 Å². The highest BCUT2D eigenvalue weighted by Gasteiger charge is 2.27.